The largest absolute Gasteiger partial charge is 0.475 e. The maximum Gasteiger partial charge on any atom is 0.475 e. The molecule has 62 heavy (non-hydrogen) atoms. The maximum absolute atomic E-state index is 15.1. The number of phosphoric ester groups is 1. The predicted molar refractivity (Wildman–Crippen MR) is 252 cm³/mol. The Labute approximate surface area is 374 Å². The summed E-state index contributed by atoms with van der Waals surface area (Å²) in [6.45, 7) is 11.8. The molecular formula is C51H78N3O7P. The van der Waals surface area contributed by atoms with Crippen molar-refractivity contribution in [2.24, 2.45) is 0 Å². The van der Waals surface area contributed by atoms with Gasteiger partial charge in [-0.15, -0.1) is 0 Å². The molecule has 10 nitrogen and oxygen atoms in total. The smallest absolute Gasteiger partial charge is 0.347 e. The van der Waals surface area contributed by atoms with Crippen molar-refractivity contribution in [3.05, 3.63) is 106 Å². The summed E-state index contributed by atoms with van der Waals surface area (Å²) >= 11 is 0. The summed E-state index contributed by atoms with van der Waals surface area (Å²) in [6.07, 6.45) is 16.3. The van der Waals surface area contributed by atoms with E-state index in [0.29, 0.717) is 19.3 Å². The van der Waals surface area contributed by atoms with Gasteiger partial charge in [-0.05, 0) is 56.7 Å². The molecule has 0 aliphatic rings. The summed E-state index contributed by atoms with van der Waals surface area (Å²) in [5, 5.41) is 9.37. The van der Waals surface area contributed by atoms with Crippen molar-refractivity contribution in [2.45, 2.75) is 175 Å². The topological polar surface area (TPSA) is 132 Å². The van der Waals surface area contributed by atoms with Crippen LogP contribution in [-0.4, -0.2) is 37.5 Å². The fourth-order valence-corrected chi connectivity index (χ4v) is 8.62. The Balaban J connectivity index is 1.92. The van der Waals surface area contributed by atoms with Crippen LogP contribution in [0.5, 0.6) is 0 Å². The molecule has 0 fully saturated rings. The highest BCUT2D eigenvalue weighted by atomic mass is 31.2. The first kappa shape index (κ1) is 52.5. The second-order valence-corrected chi connectivity index (χ2v) is 18.6. The van der Waals surface area contributed by atoms with Crippen molar-refractivity contribution in [1.29, 1.82) is 0 Å². The maximum atomic E-state index is 15.1. The molecule has 0 aliphatic carbocycles. The predicted octanol–water partition coefficient (Wildman–Crippen LogP) is 12.7. The van der Waals surface area contributed by atoms with Gasteiger partial charge in [0.25, 0.3) is 0 Å². The minimum atomic E-state index is -4.46. The van der Waals surface area contributed by atoms with Crippen molar-refractivity contribution < 1.29 is 32.5 Å². The second kappa shape index (κ2) is 30.3. The summed E-state index contributed by atoms with van der Waals surface area (Å²) < 4.78 is 33.8. The van der Waals surface area contributed by atoms with Crippen LogP contribution in [0.25, 0.3) is 0 Å². The van der Waals surface area contributed by atoms with Gasteiger partial charge in [0.15, 0.2) is 0 Å². The number of hydrogen-bond acceptors (Lipinski definition) is 7. The summed E-state index contributed by atoms with van der Waals surface area (Å²) in [7, 11) is -4.46. The van der Waals surface area contributed by atoms with Gasteiger partial charge in [-0.25, -0.2) is 4.57 Å². The highest BCUT2D eigenvalue weighted by molar-refractivity contribution is 7.48. The molecule has 3 aromatic carbocycles. The first-order valence-corrected chi connectivity index (χ1v) is 25.0. The molecule has 0 spiro atoms. The van der Waals surface area contributed by atoms with Crippen LogP contribution in [0.15, 0.2) is 72.8 Å². The molecule has 3 N–H and O–H groups in total. The lowest BCUT2D eigenvalue weighted by atomic mass is 10.0. The Bertz CT molecular complexity index is 1600. The first-order chi connectivity index (χ1) is 29.9. The molecule has 3 amide bonds. The molecule has 0 aromatic heterocycles. The number of rotatable bonds is 33. The Kier molecular flexibility index (Phi) is 25.7. The van der Waals surface area contributed by atoms with Crippen molar-refractivity contribution >= 4 is 25.5 Å². The number of carbonyl (C=O) groups excluding carboxylic acids is 3. The number of amides is 3. The second-order valence-electron chi connectivity index (χ2n) is 16.9. The minimum Gasteiger partial charge on any atom is -0.347 e. The molecule has 0 radical (unpaired) electrons. The number of benzene rings is 3. The molecular weight excluding hydrogens is 798 g/mol. The van der Waals surface area contributed by atoms with Crippen LogP contribution in [0.3, 0.4) is 0 Å². The van der Waals surface area contributed by atoms with E-state index in [1.807, 2.05) is 93.6 Å². The third-order valence-corrected chi connectivity index (χ3v) is 12.5. The molecule has 3 atom stereocenters. The number of carbonyl (C=O) groups is 3. The molecule has 0 aliphatic heterocycles. The van der Waals surface area contributed by atoms with Crippen LogP contribution < -0.4 is 16.0 Å². The standard InChI is InChI=1S/C51H78N3O7P/c1-7-10-13-16-19-31-49(55)52-46(43-28-22-25-40(4)34-43)37-59-62(58,60-38-47(44-29-23-26-41(5)35-44)53-50(56)32-20-17-14-11-8-2)61-39-48(45-30-24-27-42(6)36-45)54-51(57)33-21-18-15-12-9-3/h22-30,34-36,46-48H,7-21,31-33,37-39H2,1-6H3,(H,52,55)(H,53,56)(H,54,57). The van der Waals surface area contributed by atoms with Gasteiger partial charge in [0.1, 0.15) is 0 Å². The van der Waals surface area contributed by atoms with Gasteiger partial charge < -0.3 is 16.0 Å². The third-order valence-electron chi connectivity index (χ3n) is 11.1. The quantitative estimate of drug-likeness (QED) is 0.0410. The normalized spacial score (nSPS) is 13.8. The van der Waals surface area contributed by atoms with E-state index in [-0.39, 0.29) is 37.5 Å². The molecule has 0 saturated heterocycles. The monoisotopic (exact) mass is 876 g/mol. The van der Waals surface area contributed by atoms with Gasteiger partial charge in [0.05, 0.1) is 37.9 Å². The summed E-state index contributed by atoms with van der Waals surface area (Å²) in [5.74, 6) is -0.369. The molecule has 3 rings (SSSR count). The van der Waals surface area contributed by atoms with Crippen LogP contribution in [0, 0.1) is 20.8 Å². The zero-order valence-corrected chi connectivity index (χ0v) is 39.7. The van der Waals surface area contributed by atoms with Gasteiger partial charge in [-0.3, -0.25) is 28.0 Å². The van der Waals surface area contributed by atoms with Crippen molar-refractivity contribution in [2.75, 3.05) is 19.8 Å². The van der Waals surface area contributed by atoms with Crippen molar-refractivity contribution in [3.63, 3.8) is 0 Å². The molecule has 11 heteroatoms. The lowest BCUT2D eigenvalue weighted by molar-refractivity contribution is -0.122. The van der Waals surface area contributed by atoms with E-state index in [9.17, 15) is 14.4 Å². The van der Waals surface area contributed by atoms with Gasteiger partial charge >= 0.3 is 7.82 Å². The fourth-order valence-electron chi connectivity index (χ4n) is 7.40. The lowest BCUT2D eigenvalue weighted by Crippen LogP contribution is -2.33. The molecule has 3 unspecified atom stereocenters. The van der Waals surface area contributed by atoms with E-state index in [1.54, 1.807) is 0 Å². The van der Waals surface area contributed by atoms with Crippen molar-refractivity contribution in [3.8, 4) is 0 Å². The molecule has 344 valence electrons. The average Bonchev–Trinajstić information content (AvgIpc) is 3.25. The highest BCUT2D eigenvalue weighted by Crippen LogP contribution is 2.51. The van der Waals surface area contributed by atoms with Crippen LogP contribution in [-0.2, 0) is 32.5 Å². The van der Waals surface area contributed by atoms with Gasteiger partial charge in [-0.2, -0.15) is 0 Å². The minimum absolute atomic E-state index is 0.123. The summed E-state index contributed by atoms with van der Waals surface area (Å²) in [4.78, 5) is 40.0. The van der Waals surface area contributed by atoms with Gasteiger partial charge in [0.2, 0.25) is 17.7 Å². The van der Waals surface area contributed by atoms with E-state index in [0.717, 1.165) is 130 Å². The third kappa shape index (κ3) is 21.5. The average molecular weight is 876 g/mol. The summed E-state index contributed by atoms with van der Waals surface area (Å²) in [5.41, 5.74) is 5.39. The van der Waals surface area contributed by atoms with E-state index in [1.165, 1.54) is 0 Å². The summed E-state index contributed by atoms with van der Waals surface area (Å²) in [6, 6.07) is 21.4. The SMILES string of the molecule is CCCCCCCC(=O)NC(COP(=O)(OCC(NC(=O)CCCCCCC)c1cccc(C)c1)OCC(NC(=O)CCCCCCC)c1cccc(C)c1)c1cccc(C)c1. The van der Waals surface area contributed by atoms with Crippen LogP contribution in [0.4, 0.5) is 0 Å². The van der Waals surface area contributed by atoms with E-state index >= 15 is 4.57 Å². The number of unbranched alkanes of at least 4 members (excludes halogenated alkanes) is 12. The zero-order valence-electron chi connectivity index (χ0n) is 38.8. The zero-order chi connectivity index (χ0) is 45.0. The molecule has 0 heterocycles. The number of nitrogens with one attached hydrogen (secondary N) is 3. The number of aryl methyl sites for hydroxylation is 3. The number of phosphoric acid groups is 1. The molecule has 3 aromatic rings. The van der Waals surface area contributed by atoms with E-state index < -0.39 is 25.9 Å². The molecule has 0 bridgehead atoms. The fraction of sp³-hybridized carbons (Fsp3) is 0.588. The van der Waals surface area contributed by atoms with Crippen LogP contribution in [0.2, 0.25) is 0 Å². The lowest BCUT2D eigenvalue weighted by Gasteiger charge is -2.27. The van der Waals surface area contributed by atoms with Gasteiger partial charge in [0, 0.05) is 19.3 Å². The Hall–Kier alpha value is -3.82. The first-order valence-electron chi connectivity index (χ1n) is 23.6. The van der Waals surface area contributed by atoms with E-state index in [4.69, 9.17) is 13.6 Å². The Morgan fingerprint density at radius 1 is 0.452 bits per heavy atom. The van der Waals surface area contributed by atoms with Crippen LogP contribution in [0.1, 0.15) is 188 Å². The molecule has 0 saturated carbocycles. The Morgan fingerprint density at radius 2 is 0.726 bits per heavy atom. The number of hydrogen-bond donors (Lipinski definition) is 3. The van der Waals surface area contributed by atoms with Gasteiger partial charge in [-0.1, -0.05) is 187 Å². The van der Waals surface area contributed by atoms with E-state index in [2.05, 4.69) is 36.7 Å². The Morgan fingerprint density at radius 3 is 0.984 bits per heavy atom. The van der Waals surface area contributed by atoms with Crippen molar-refractivity contribution in [1.82, 2.24) is 16.0 Å². The highest BCUT2D eigenvalue weighted by Gasteiger charge is 2.33. The van der Waals surface area contributed by atoms with Crippen LogP contribution >= 0.6 is 7.82 Å².